The van der Waals surface area contributed by atoms with Gasteiger partial charge in [0, 0.05) is 13.1 Å². The predicted molar refractivity (Wildman–Crippen MR) is 119 cm³/mol. The van der Waals surface area contributed by atoms with E-state index < -0.39 is 0 Å². The molecule has 0 unspecified atom stereocenters. The standard InChI is InChI=1S/C20H34N4.HI/c1-4-21-20(23-16-19-8-6-17(3)7-9-19)22-13-10-18-11-14-24(5-2)15-12-18;/h6-9,18H,4-5,10-16H2,1-3H3,(H2,21,22,23);1H. The maximum Gasteiger partial charge on any atom is 0.191 e. The van der Waals surface area contributed by atoms with Crippen molar-refractivity contribution in [3.8, 4) is 0 Å². The number of aliphatic imine (C=N–C) groups is 1. The monoisotopic (exact) mass is 458 g/mol. The summed E-state index contributed by atoms with van der Waals surface area (Å²) in [7, 11) is 0. The summed E-state index contributed by atoms with van der Waals surface area (Å²) in [5, 5.41) is 6.85. The molecule has 1 aromatic carbocycles. The van der Waals surface area contributed by atoms with E-state index in [9.17, 15) is 0 Å². The molecule has 0 aliphatic carbocycles. The maximum absolute atomic E-state index is 4.71. The van der Waals surface area contributed by atoms with Crippen LogP contribution in [0.5, 0.6) is 0 Å². The number of rotatable bonds is 7. The summed E-state index contributed by atoms with van der Waals surface area (Å²) in [6.07, 6.45) is 3.92. The highest BCUT2D eigenvalue weighted by Crippen LogP contribution is 2.19. The van der Waals surface area contributed by atoms with Gasteiger partial charge in [-0.3, -0.25) is 0 Å². The molecular formula is C20H35IN4. The minimum absolute atomic E-state index is 0. The molecule has 1 heterocycles. The third-order valence-corrected chi connectivity index (χ3v) is 4.88. The van der Waals surface area contributed by atoms with Crippen molar-refractivity contribution < 1.29 is 0 Å². The zero-order valence-corrected chi connectivity index (χ0v) is 18.4. The fourth-order valence-corrected chi connectivity index (χ4v) is 3.19. The van der Waals surface area contributed by atoms with E-state index in [1.807, 2.05) is 0 Å². The fraction of sp³-hybridized carbons (Fsp3) is 0.650. The van der Waals surface area contributed by atoms with Crippen molar-refractivity contribution in [3.63, 3.8) is 0 Å². The van der Waals surface area contributed by atoms with E-state index in [1.165, 1.54) is 50.0 Å². The molecule has 1 fully saturated rings. The Kier molecular flexibility index (Phi) is 11.1. The van der Waals surface area contributed by atoms with E-state index in [0.29, 0.717) is 0 Å². The smallest absolute Gasteiger partial charge is 0.191 e. The second kappa shape index (κ2) is 12.5. The van der Waals surface area contributed by atoms with Gasteiger partial charge >= 0.3 is 0 Å². The van der Waals surface area contributed by atoms with E-state index in [0.717, 1.165) is 31.5 Å². The Hall–Kier alpha value is -0.820. The van der Waals surface area contributed by atoms with Crippen LogP contribution in [-0.4, -0.2) is 43.6 Å². The van der Waals surface area contributed by atoms with Crippen LogP contribution in [0.1, 0.15) is 44.2 Å². The molecule has 1 saturated heterocycles. The van der Waals surface area contributed by atoms with E-state index in [1.54, 1.807) is 0 Å². The first-order valence-electron chi connectivity index (χ1n) is 9.51. The lowest BCUT2D eigenvalue weighted by atomic mass is 9.93. The number of benzene rings is 1. The Bertz CT molecular complexity index is 493. The molecule has 0 radical (unpaired) electrons. The van der Waals surface area contributed by atoms with Gasteiger partial charge in [0.25, 0.3) is 0 Å². The predicted octanol–water partition coefficient (Wildman–Crippen LogP) is 3.79. The molecule has 2 rings (SSSR count). The van der Waals surface area contributed by atoms with Crippen LogP contribution < -0.4 is 10.6 Å². The summed E-state index contributed by atoms with van der Waals surface area (Å²) < 4.78 is 0. The molecule has 0 atom stereocenters. The van der Waals surface area contributed by atoms with Crippen LogP contribution >= 0.6 is 24.0 Å². The van der Waals surface area contributed by atoms with Gasteiger partial charge in [0.15, 0.2) is 5.96 Å². The summed E-state index contributed by atoms with van der Waals surface area (Å²) >= 11 is 0. The Balaban J connectivity index is 0.00000312. The third-order valence-electron chi connectivity index (χ3n) is 4.88. The molecule has 1 aromatic rings. The molecule has 4 nitrogen and oxygen atoms in total. The van der Waals surface area contributed by atoms with E-state index in [4.69, 9.17) is 4.99 Å². The lowest BCUT2D eigenvalue weighted by Crippen LogP contribution is -2.39. The lowest BCUT2D eigenvalue weighted by Gasteiger charge is -2.31. The summed E-state index contributed by atoms with van der Waals surface area (Å²) in [6, 6.07) is 8.61. The minimum Gasteiger partial charge on any atom is -0.357 e. The van der Waals surface area contributed by atoms with Crippen molar-refractivity contribution in [1.29, 1.82) is 0 Å². The van der Waals surface area contributed by atoms with E-state index >= 15 is 0 Å². The molecule has 1 aliphatic heterocycles. The molecule has 25 heavy (non-hydrogen) atoms. The van der Waals surface area contributed by atoms with E-state index in [-0.39, 0.29) is 24.0 Å². The van der Waals surface area contributed by atoms with Gasteiger partial charge in [-0.1, -0.05) is 36.8 Å². The van der Waals surface area contributed by atoms with Gasteiger partial charge < -0.3 is 15.5 Å². The molecule has 0 spiro atoms. The molecule has 1 aliphatic rings. The number of likely N-dealkylation sites (tertiary alicyclic amines) is 1. The molecule has 0 bridgehead atoms. The van der Waals surface area contributed by atoms with Crippen molar-refractivity contribution in [2.24, 2.45) is 10.9 Å². The topological polar surface area (TPSA) is 39.7 Å². The molecular weight excluding hydrogens is 423 g/mol. The second-order valence-electron chi connectivity index (χ2n) is 6.77. The number of guanidine groups is 1. The Morgan fingerprint density at radius 2 is 1.80 bits per heavy atom. The number of piperidine rings is 1. The van der Waals surface area contributed by atoms with Gasteiger partial charge in [0.2, 0.25) is 0 Å². The number of hydrogen-bond acceptors (Lipinski definition) is 2. The van der Waals surface area contributed by atoms with Crippen molar-refractivity contribution in [1.82, 2.24) is 15.5 Å². The number of halogens is 1. The number of aryl methyl sites for hydroxylation is 1. The van der Waals surface area contributed by atoms with Gasteiger partial charge in [0.05, 0.1) is 6.54 Å². The van der Waals surface area contributed by atoms with Crippen molar-refractivity contribution in [2.45, 2.75) is 46.6 Å². The van der Waals surface area contributed by atoms with Gasteiger partial charge in [-0.15, -0.1) is 24.0 Å². The number of nitrogens with zero attached hydrogens (tertiary/aromatic N) is 2. The highest BCUT2D eigenvalue weighted by atomic mass is 127. The summed E-state index contributed by atoms with van der Waals surface area (Å²) in [6.45, 7) is 12.9. The zero-order valence-electron chi connectivity index (χ0n) is 16.1. The zero-order chi connectivity index (χ0) is 17.2. The maximum atomic E-state index is 4.71. The van der Waals surface area contributed by atoms with Gasteiger partial charge in [-0.2, -0.15) is 0 Å². The van der Waals surface area contributed by atoms with Gasteiger partial charge in [0.1, 0.15) is 0 Å². The highest BCUT2D eigenvalue weighted by molar-refractivity contribution is 14.0. The average molecular weight is 458 g/mol. The van der Waals surface area contributed by atoms with Crippen LogP contribution in [0.2, 0.25) is 0 Å². The van der Waals surface area contributed by atoms with Crippen molar-refractivity contribution >= 4 is 29.9 Å². The summed E-state index contributed by atoms with van der Waals surface area (Å²) in [5.41, 5.74) is 2.55. The van der Waals surface area contributed by atoms with Crippen LogP contribution in [0.4, 0.5) is 0 Å². The Morgan fingerprint density at radius 1 is 1.12 bits per heavy atom. The first-order chi connectivity index (χ1) is 11.7. The molecule has 0 amide bonds. The van der Waals surface area contributed by atoms with Crippen LogP contribution in [0.15, 0.2) is 29.3 Å². The molecule has 2 N–H and O–H groups in total. The summed E-state index contributed by atoms with van der Waals surface area (Å²) in [5.74, 6) is 1.80. The van der Waals surface area contributed by atoms with Crippen LogP contribution in [0.3, 0.4) is 0 Å². The normalized spacial score (nSPS) is 16.4. The van der Waals surface area contributed by atoms with Crippen molar-refractivity contribution in [2.75, 3.05) is 32.7 Å². The largest absolute Gasteiger partial charge is 0.357 e. The second-order valence-corrected chi connectivity index (χ2v) is 6.77. The number of hydrogen-bond donors (Lipinski definition) is 2. The molecule has 0 aromatic heterocycles. The van der Waals surface area contributed by atoms with Gasteiger partial charge in [-0.05, 0) is 64.2 Å². The molecule has 142 valence electrons. The molecule has 5 heteroatoms. The average Bonchev–Trinajstić information content (AvgIpc) is 2.61. The first-order valence-corrected chi connectivity index (χ1v) is 9.51. The van der Waals surface area contributed by atoms with E-state index in [2.05, 4.69) is 60.6 Å². The Morgan fingerprint density at radius 3 is 2.40 bits per heavy atom. The van der Waals surface area contributed by atoms with Crippen molar-refractivity contribution in [3.05, 3.63) is 35.4 Å². The lowest BCUT2D eigenvalue weighted by molar-refractivity contribution is 0.187. The van der Waals surface area contributed by atoms with Gasteiger partial charge in [-0.25, -0.2) is 4.99 Å². The quantitative estimate of drug-likeness (QED) is 0.371. The first kappa shape index (κ1) is 22.2. The van der Waals surface area contributed by atoms with Crippen LogP contribution in [0.25, 0.3) is 0 Å². The third kappa shape index (κ3) is 8.40. The Labute approximate surface area is 170 Å². The highest BCUT2D eigenvalue weighted by Gasteiger charge is 2.17. The fourth-order valence-electron chi connectivity index (χ4n) is 3.19. The number of nitrogens with one attached hydrogen (secondary N) is 2. The SMILES string of the molecule is CCNC(=NCc1ccc(C)cc1)NCCC1CCN(CC)CC1.I. The minimum atomic E-state index is 0. The van der Waals surface area contributed by atoms with Crippen LogP contribution in [0, 0.1) is 12.8 Å². The molecule has 0 saturated carbocycles. The van der Waals surface area contributed by atoms with Crippen LogP contribution in [-0.2, 0) is 6.54 Å². The summed E-state index contributed by atoms with van der Waals surface area (Å²) in [4.78, 5) is 7.26.